The quantitative estimate of drug-likeness (QED) is 0.183. The van der Waals surface area contributed by atoms with E-state index in [1.807, 2.05) is 11.3 Å². The van der Waals surface area contributed by atoms with Gasteiger partial charge in [-0.15, -0.1) is 11.3 Å². The monoisotopic (exact) mass is 666 g/mol. The van der Waals surface area contributed by atoms with Gasteiger partial charge in [-0.1, -0.05) is 146 Å². The van der Waals surface area contributed by atoms with Crippen LogP contribution in [-0.4, -0.2) is 9.97 Å². The number of fused-ring (bicyclic) bond motifs is 5. The van der Waals surface area contributed by atoms with Gasteiger partial charge in [0.2, 0.25) is 0 Å². The van der Waals surface area contributed by atoms with Gasteiger partial charge in [-0.05, 0) is 80.2 Å². The van der Waals surface area contributed by atoms with Crippen LogP contribution in [0.3, 0.4) is 0 Å². The van der Waals surface area contributed by atoms with Gasteiger partial charge in [0.15, 0.2) is 5.82 Å². The average molecular weight is 667 g/mol. The van der Waals surface area contributed by atoms with Crippen molar-refractivity contribution in [3.8, 4) is 56.2 Å². The summed E-state index contributed by atoms with van der Waals surface area (Å²) in [4.78, 5) is 10.7. The zero-order valence-corrected chi connectivity index (χ0v) is 28.4. The van der Waals surface area contributed by atoms with Crippen LogP contribution < -0.4 is 0 Å². The molecule has 0 aliphatic heterocycles. The summed E-state index contributed by atoms with van der Waals surface area (Å²) >= 11 is 1.83. The minimum atomic E-state index is 0.723. The molecule has 0 N–H and O–H groups in total. The van der Waals surface area contributed by atoms with Gasteiger partial charge >= 0.3 is 0 Å². The van der Waals surface area contributed by atoms with Crippen molar-refractivity contribution >= 4 is 53.1 Å². The van der Waals surface area contributed by atoms with Crippen molar-refractivity contribution in [2.45, 2.75) is 0 Å². The molecule has 51 heavy (non-hydrogen) atoms. The number of benzene rings is 8. The molecule has 0 fully saturated rings. The molecule has 0 unspecified atom stereocenters. The van der Waals surface area contributed by atoms with Gasteiger partial charge < -0.3 is 0 Å². The van der Waals surface area contributed by atoms with E-state index >= 15 is 0 Å². The lowest BCUT2D eigenvalue weighted by molar-refractivity contribution is 1.19. The number of aromatic nitrogens is 2. The second kappa shape index (κ2) is 12.2. The first-order valence-electron chi connectivity index (χ1n) is 17.2. The fourth-order valence-electron chi connectivity index (χ4n) is 7.24. The fraction of sp³-hybridized carbons (Fsp3) is 0. The van der Waals surface area contributed by atoms with Crippen LogP contribution in [0.1, 0.15) is 0 Å². The molecule has 2 aromatic heterocycles. The van der Waals surface area contributed by atoms with E-state index in [1.165, 1.54) is 58.4 Å². The van der Waals surface area contributed by atoms with Crippen LogP contribution in [0.2, 0.25) is 0 Å². The Labute approximate surface area is 300 Å². The largest absolute Gasteiger partial charge is 0.228 e. The molecule has 2 nitrogen and oxygen atoms in total. The summed E-state index contributed by atoms with van der Waals surface area (Å²) in [5.41, 5.74) is 9.66. The Morgan fingerprint density at radius 2 is 0.882 bits per heavy atom. The predicted octanol–water partition coefficient (Wildman–Crippen LogP) is 13.5. The summed E-state index contributed by atoms with van der Waals surface area (Å²) in [7, 11) is 0. The van der Waals surface area contributed by atoms with Crippen LogP contribution in [0.25, 0.3) is 97.9 Å². The highest BCUT2D eigenvalue weighted by molar-refractivity contribution is 7.26. The van der Waals surface area contributed by atoms with Gasteiger partial charge in [0.05, 0.1) is 11.4 Å². The molecule has 2 heterocycles. The topological polar surface area (TPSA) is 25.8 Å². The van der Waals surface area contributed by atoms with E-state index in [0.717, 1.165) is 39.5 Å². The highest BCUT2D eigenvalue weighted by Crippen LogP contribution is 2.43. The van der Waals surface area contributed by atoms with E-state index in [9.17, 15) is 0 Å². The average Bonchev–Trinajstić information content (AvgIpc) is 3.59. The molecule has 10 aromatic rings. The zero-order valence-electron chi connectivity index (χ0n) is 27.6. The number of thiophene rings is 1. The first-order valence-corrected chi connectivity index (χ1v) is 18.0. The SMILES string of the molecule is c1ccc(-c2cc(-c3nc(-c4ccc(-c5ccc6ccccc6c5)cc4)cc(-c4ccc5ccccc5c4)n3)c3c(c2)sc2ccccc23)cc1. The van der Waals surface area contributed by atoms with E-state index in [0.29, 0.717) is 0 Å². The Morgan fingerprint density at radius 3 is 1.63 bits per heavy atom. The van der Waals surface area contributed by atoms with Crippen molar-refractivity contribution in [2.75, 3.05) is 0 Å². The molecule has 0 aliphatic carbocycles. The van der Waals surface area contributed by atoms with Gasteiger partial charge in [0.1, 0.15) is 0 Å². The van der Waals surface area contributed by atoms with E-state index in [4.69, 9.17) is 9.97 Å². The lowest BCUT2D eigenvalue weighted by atomic mass is 9.97. The second-order valence-corrected chi connectivity index (χ2v) is 14.1. The van der Waals surface area contributed by atoms with Crippen molar-refractivity contribution in [3.63, 3.8) is 0 Å². The van der Waals surface area contributed by atoms with Crippen molar-refractivity contribution in [2.24, 2.45) is 0 Å². The molecule has 0 saturated heterocycles. The minimum absolute atomic E-state index is 0.723. The molecule has 0 saturated carbocycles. The summed E-state index contributed by atoms with van der Waals surface area (Å²) in [6.07, 6.45) is 0. The molecule has 0 atom stereocenters. The molecular formula is C48H30N2S. The molecule has 0 aliphatic rings. The smallest absolute Gasteiger partial charge is 0.161 e. The molecule has 0 bridgehead atoms. The minimum Gasteiger partial charge on any atom is -0.228 e. The first kappa shape index (κ1) is 29.5. The molecule has 0 amide bonds. The maximum atomic E-state index is 5.37. The van der Waals surface area contributed by atoms with E-state index < -0.39 is 0 Å². The van der Waals surface area contributed by atoms with Gasteiger partial charge in [-0.2, -0.15) is 0 Å². The maximum absolute atomic E-state index is 5.37. The number of nitrogens with zero attached hydrogens (tertiary/aromatic N) is 2. The van der Waals surface area contributed by atoms with Gasteiger partial charge in [0, 0.05) is 36.9 Å². The highest BCUT2D eigenvalue weighted by Gasteiger charge is 2.18. The fourth-order valence-corrected chi connectivity index (χ4v) is 8.41. The van der Waals surface area contributed by atoms with Crippen molar-refractivity contribution in [1.29, 1.82) is 0 Å². The summed E-state index contributed by atoms with van der Waals surface area (Å²) in [6.45, 7) is 0. The Hall–Kier alpha value is -6.42. The molecule has 238 valence electrons. The summed E-state index contributed by atoms with van der Waals surface area (Å²) in [6, 6.07) is 65.1. The van der Waals surface area contributed by atoms with E-state index in [-0.39, 0.29) is 0 Å². The number of hydrogen-bond acceptors (Lipinski definition) is 3. The van der Waals surface area contributed by atoms with Gasteiger partial charge in [-0.3, -0.25) is 0 Å². The molecule has 0 spiro atoms. The van der Waals surface area contributed by atoms with Crippen molar-refractivity contribution in [3.05, 3.63) is 182 Å². The normalized spacial score (nSPS) is 11.5. The molecule has 3 heteroatoms. The van der Waals surface area contributed by atoms with Crippen LogP contribution in [0, 0.1) is 0 Å². The Morgan fingerprint density at radius 1 is 0.333 bits per heavy atom. The molecule has 8 aromatic carbocycles. The van der Waals surface area contributed by atoms with Crippen LogP contribution >= 0.6 is 11.3 Å². The molecular weight excluding hydrogens is 637 g/mol. The van der Waals surface area contributed by atoms with Gasteiger partial charge in [0.25, 0.3) is 0 Å². The lowest BCUT2D eigenvalue weighted by Crippen LogP contribution is -1.97. The van der Waals surface area contributed by atoms with Crippen LogP contribution in [-0.2, 0) is 0 Å². The summed E-state index contributed by atoms with van der Waals surface area (Å²) < 4.78 is 2.49. The Bertz CT molecular complexity index is 2910. The number of rotatable bonds is 5. The zero-order chi connectivity index (χ0) is 33.7. The predicted molar refractivity (Wildman–Crippen MR) is 217 cm³/mol. The summed E-state index contributed by atoms with van der Waals surface area (Å²) in [5, 5.41) is 7.31. The first-order chi connectivity index (χ1) is 25.2. The molecule has 10 rings (SSSR count). The number of hydrogen-bond donors (Lipinski definition) is 0. The third-order valence-electron chi connectivity index (χ3n) is 9.86. The van der Waals surface area contributed by atoms with Crippen molar-refractivity contribution in [1.82, 2.24) is 9.97 Å². The Balaban J connectivity index is 1.18. The highest BCUT2D eigenvalue weighted by atomic mass is 32.1. The third kappa shape index (κ3) is 5.36. The second-order valence-electron chi connectivity index (χ2n) is 13.0. The van der Waals surface area contributed by atoms with Crippen LogP contribution in [0.5, 0.6) is 0 Å². The van der Waals surface area contributed by atoms with Crippen LogP contribution in [0.15, 0.2) is 182 Å². The maximum Gasteiger partial charge on any atom is 0.161 e. The third-order valence-corrected chi connectivity index (χ3v) is 11.0. The lowest BCUT2D eigenvalue weighted by Gasteiger charge is -2.13. The Kier molecular flexibility index (Phi) is 7.04. The van der Waals surface area contributed by atoms with Crippen LogP contribution in [0.4, 0.5) is 0 Å². The standard InChI is InChI=1S/C48H30N2S/c1-2-10-31(11-3-1)40-28-42(47-41-16-8-9-17-45(41)51-46(47)29-40)48-49-43(30-44(50-48)39-25-21-33-13-5-7-15-37(33)27-39)35-22-18-34(19-23-35)38-24-20-32-12-4-6-14-36(32)26-38/h1-30H. The van der Waals surface area contributed by atoms with Gasteiger partial charge in [-0.25, -0.2) is 9.97 Å². The van der Waals surface area contributed by atoms with E-state index in [1.54, 1.807) is 0 Å². The summed E-state index contributed by atoms with van der Waals surface area (Å²) in [5.74, 6) is 0.723. The van der Waals surface area contributed by atoms with Crippen molar-refractivity contribution < 1.29 is 0 Å². The van der Waals surface area contributed by atoms with E-state index in [2.05, 4.69) is 182 Å². The molecule has 0 radical (unpaired) electrons.